The Morgan fingerprint density at radius 2 is 1.76 bits per heavy atom. The van der Waals surface area contributed by atoms with E-state index in [4.69, 9.17) is 4.74 Å². The lowest BCUT2D eigenvalue weighted by Crippen LogP contribution is -2.44. The van der Waals surface area contributed by atoms with Crippen LogP contribution in [-0.4, -0.2) is 53.2 Å². The first-order valence-electron chi connectivity index (χ1n) is 11.0. The molecule has 0 fully saturated rings. The normalized spacial score (nSPS) is 14.4. The Kier molecular flexibility index (Phi) is 7.31. The molecular formula is C23H20F6N6O3. The Bertz CT molecular complexity index is 1440. The summed E-state index contributed by atoms with van der Waals surface area (Å²) in [7, 11) is 0. The maximum absolute atomic E-state index is 14.8. The Labute approximate surface area is 210 Å². The molecule has 2 heterocycles. The van der Waals surface area contributed by atoms with Crippen molar-refractivity contribution in [3.05, 3.63) is 89.1 Å². The van der Waals surface area contributed by atoms with Gasteiger partial charge < -0.3 is 9.84 Å². The number of aromatic nitrogens is 6. The largest absolute Gasteiger partial charge is 0.487 e. The van der Waals surface area contributed by atoms with E-state index in [2.05, 4.69) is 15.2 Å². The molecular weight excluding hydrogens is 522 g/mol. The molecule has 0 aliphatic heterocycles. The first-order valence-corrected chi connectivity index (χ1v) is 11.0. The number of nitrogens with zero attached hydrogens (tertiary/aromatic N) is 6. The van der Waals surface area contributed by atoms with E-state index in [0.29, 0.717) is 6.07 Å². The van der Waals surface area contributed by atoms with Crippen molar-refractivity contribution >= 4 is 0 Å². The van der Waals surface area contributed by atoms with Gasteiger partial charge in [-0.1, -0.05) is 6.07 Å². The summed E-state index contributed by atoms with van der Waals surface area (Å²) >= 11 is 0. The fraction of sp³-hybridized carbons (Fsp3) is 0.304. The summed E-state index contributed by atoms with van der Waals surface area (Å²) < 4.78 is 87.0. The maximum atomic E-state index is 14.8. The highest BCUT2D eigenvalue weighted by Gasteiger charge is 2.42. The smallest absolute Gasteiger partial charge is 0.350 e. The zero-order valence-corrected chi connectivity index (χ0v) is 19.6. The topological polar surface area (TPSA) is 100.0 Å². The fourth-order valence-corrected chi connectivity index (χ4v) is 3.75. The lowest BCUT2D eigenvalue weighted by Gasteiger charge is -2.34. The number of benzene rings is 2. The summed E-state index contributed by atoms with van der Waals surface area (Å²) in [4.78, 5) is 17.0. The molecule has 9 nitrogen and oxygen atoms in total. The van der Waals surface area contributed by atoms with Crippen molar-refractivity contribution in [3.8, 4) is 11.4 Å². The van der Waals surface area contributed by atoms with E-state index >= 15 is 0 Å². The van der Waals surface area contributed by atoms with Gasteiger partial charge >= 0.3 is 18.0 Å². The number of hydrogen-bond acceptors (Lipinski definition) is 6. The minimum Gasteiger partial charge on any atom is -0.487 e. The van der Waals surface area contributed by atoms with E-state index in [0.717, 1.165) is 27.7 Å². The van der Waals surface area contributed by atoms with Gasteiger partial charge in [0.1, 0.15) is 42.0 Å². The van der Waals surface area contributed by atoms with Gasteiger partial charge in [0.2, 0.25) is 0 Å². The van der Waals surface area contributed by atoms with Crippen LogP contribution in [0.25, 0.3) is 5.69 Å². The molecule has 0 saturated carbocycles. The van der Waals surface area contributed by atoms with Gasteiger partial charge in [0, 0.05) is 11.6 Å². The molecule has 2 unspecified atom stereocenters. The highest BCUT2D eigenvalue weighted by Crippen LogP contribution is 2.36. The van der Waals surface area contributed by atoms with Crippen molar-refractivity contribution in [2.24, 2.45) is 0 Å². The van der Waals surface area contributed by atoms with Crippen molar-refractivity contribution in [1.29, 1.82) is 0 Å². The molecule has 2 atom stereocenters. The van der Waals surface area contributed by atoms with Crippen LogP contribution in [0.3, 0.4) is 0 Å². The van der Waals surface area contributed by atoms with Crippen LogP contribution in [-0.2, 0) is 12.1 Å². The number of alkyl halides is 4. The number of aliphatic hydroxyl groups is 1. The molecule has 0 aliphatic rings. The molecule has 0 saturated heterocycles. The standard InChI is InChI=1S/C23H20F6N6O3/c1-14(22(37,9-33-12-30-11-31-33)18-7-2-15(24)8-19(18)25)35-21(36)34(13-32-35)16-3-5-17(6-4-16)38-10-23(28,29)20(26)27/h2-8,11-14,20,37H,9-10H2,1H3. The molecule has 0 bridgehead atoms. The third kappa shape index (κ3) is 5.27. The van der Waals surface area contributed by atoms with Gasteiger partial charge in [0.05, 0.1) is 18.3 Å². The minimum absolute atomic E-state index is 0.142. The second-order valence-corrected chi connectivity index (χ2v) is 8.39. The van der Waals surface area contributed by atoms with E-state index in [1.165, 1.54) is 48.5 Å². The molecule has 0 radical (unpaired) electrons. The Morgan fingerprint density at radius 1 is 1.05 bits per heavy atom. The van der Waals surface area contributed by atoms with E-state index in [-0.39, 0.29) is 23.5 Å². The Hall–Kier alpha value is -4.14. The molecule has 4 aromatic rings. The molecule has 202 valence electrons. The van der Waals surface area contributed by atoms with E-state index in [9.17, 15) is 36.2 Å². The highest BCUT2D eigenvalue weighted by molar-refractivity contribution is 5.37. The average molecular weight is 542 g/mol. The van der Waals surface area contributed by atoms with Gasteiger partial charge in [0.25, 0.3) is 0 Å². The highest BCUT2D eigenvalue weighted by atomic mass is 19.3. The first-order chi connectivity index (χ1) is 17.9. The molecule has 0 aliphatic carbocycles. The summed E-state index contributed by atoms with van der Waals surface area (Å²) in [5.74, 6) is -6.40. The quantitative estimate of drug-likeness (QED) is 0.309. The zero-order valence-electron chi connectivity index (χ0n) is 19.6. The van der Waals surface area contributed by atoms with Crippen molar-refractivity contribution < 1.29 is 36.2 Å². The van der Waals surface area contributed by atoms with Gasteiger partial charge in [-0.05, 0) is 37.3 Å². The Balaban J connectivity index is 1.64. The molecule has 0 spiro atoms. The molecule has 38 heavy (non-hydrogen) atoms. The molecule has 1 N–H and O–H groups in total. The van der Waals surface area contributed by atoms with Crippen molar-refractivity contribution in [2.75, 3.05) is 6.61 Å². The van der Waals surface area contributed by atoms with E-state index in [1.807, 2.05) is 0 Å². The van der Waals surface area contributed by atoms with Crippen LogP contribution >= 0.6 is 0 Å². The minimum atomic E-state index is -4.33. The average Bonchev–Trinajstić information content (AvgIpc) is 3.52. The van der Waals surface area contributed by atoms with Crippen LogP contribution in [0.2, 0.25) is 0 Å². The third-order valence-corrected chi connectivity index (χ3v) is 5.88. The maximum Gasteiger partial charge on any atom is 0.350 e. The van der Waals surface area contributed by atoms with Gasteiger partial charge in [-0.25, -0.2) is 41.3 Å². The summed E-state index contributed by atoms with van der Waals surface area (Å²) in [6, 6.07) is 6.37. The van der Waals surface area contributed by atoms with Crippen LogP contribution in [0.4, 0.5) is 26.3 Å². The van der Waals surface area contributed by atoms with E-state index in [1.54, 1.807) is 0 Å². The second kappa shape index (κ2) is 10.3. The Morgan fingerprint density at radius 3 is 2.37 bits per heavy atom. The zero-order chi connectivity index (χ0) is 27.7. The van der Waals surface area contributed by atoms with Crippen LogP contribution in [0.1, 0.15) is 18.5 Å². The molecule has 2 aromatic heterocycles. The SMILES string of the molecule is CC(n1ncn(-c2ccc(OCC(F)(F)C(F)F)cc2)c1=O)C(O)(Cn1cncn1)c1ccc(F)cc1F. The number of ether oxygens (including phenoxy) is 1. The first kappa shape index (κ1) is 26.9. The van der Waals surface area contributed by atoms with Crippen LogP contribution in [0.5, 0.6) is 5.75 Å². The lowest BCUT2D eigenvalue weighted by molar-refractivity contribution is -0.148. The van der Waals surface area contributed by atoms with E-state index < -0.39 is 47.9 Å². The van der Waals surface area contributed by atoms with Crippen LogP contribution in [0, 0.1) is 11.6 Å². The lowest BCUT2D eigenvalue weighted by atomic mass is 9.86. The number of hydrogen-bond donors (Lipinski definition) is 1. The molecule has 4 rings (SSSR count). The third-order valence-electron chi connectivity index (χ3n) is 5.88. The van der Waals surface area contributed by atoms with Gasteiger partial charge in [-0.3, -0.25) is 0 Å². The van der Waals surface area contributed by atoms with Crippen molar-refractivity contribution in [2.45, 2.75) is 37.5 Å². The number of rotatable bonds is 10. The van der Waals surface area contributed by atoms with Crippen molar-refractivity contribution in [1.82, 2.24) is 29.1 Å². The summed E-state index contributed by atoms with van der Waals surface area (Å²) in [5, 5.41) is 19.6. The predicted octanol–water partition coefficient (Wildman–Crippen LogP) is 3.33. The summed E-state index contributed by atoms with van der Waals surface area (Å²) in [6.45, 7) is -0.506. The number of halogens is 6. The second-order valence-electron chi connectivity index (χ2n) is 8.39. The van der Waals surface area contributed by atoms with Gasteiger partial charge in [-0.15, -0.1) is 0 Å². The molecule has 0 amide bonds. The van der Waals surface area contributed by atoms with Gasteiger partial charge in [-0.2, -0.15) is 19.0 Å². The fourth-order valence-electron chi connectivity index (χ4n) is 3.75. The summed E-state index contributed by atoms with van der Waals surface area (Å²) in [5.41, 5.74) is -3.03. The predicted molar refractivity (Wildman–Crippen MR) is 119 cm³/mol. The van der Waals surface area contributed by atoms with Crippen LogP contribution < -0.4 is 10.4 Å². The van der Waals surface area contributed by atoms with Crippen molar-refractivity contribution in [3.63, 3.8) is 0 Å². The molecule has 2 aromatic carbocycles. The molecule has 15 heteroatoms. The van der Waals surface area contributed by atoms with Gasteiger partial charge in [0.15, 0.2) is 6.61 Å². The summed E-state index contributed by atoms with van der Waals surface area (Å²) in [6.07, 6.45) is -0.327. The van der Waals surface area contributed by atoms with Crippen LogP contribution in [0.15, 0.2) is 66.2 Å². The monoisotopic (exact) mass is 542 g/mol.